The maximum Gasteiger partial charge on any atom is 0.114 e. The van der Waals surface area contributed by atoms with Crippen molar-refractivity contribution in [2.75, 3.05) is 19.8 Å². The molecule has 0 rings (SSSR count). The van der Waals surface area contributed by atoms with Gasteiger partial charge in [-0.3, -0.25) is 4.90 Å². The molecule has 0 spiro atoms. The minimum absolute atomic E-state index is 0.00991. The van der Waals surface area contributed by atoms with Crippen molar-refractivity contribution in [1.82, 2.24) is 4.90 Å². The predicted molar refractivity (Wildman–Crippen MR) is 160 cm³/mol. The Morgan fingerprint density at radius 1 is 0.806 bits per heavy atom. The van der Waals surface area contributed by atoms with Gasteiger partial charge in [0.25, 0.3) is 0 Å². The molecular weight excluding hydrogens is 448 g/mol. The first-order chi connectivity index (χ1) is 16.6. The topological polar surface area (TPSA) is 97.6 Å². The zero-order valence-corrected chi connectivity index (χ0v) is 24.8. The summed E-state index contributed by atoms with van der Waals surface area (Å²) in [5.74, 6) is 1.36. The van der Waals surface area contributed by atoms with Gasteiger partial charge in [0.2, 0.25) is 0 Å². The minimum Gasteiger partial charge on any atom is -0.494 e. The molecule has 0 saturated carbocycles. The second kappa shape index (κ2) is 23.3. The van der Waals surface area contributed by atoms with Crippen LogP contribution in [0.4, 0.5) is 0 Å². The molecule has 0 radical (unpaired) electrons. The van der Waals surface area contributed by atoms with Crippen LogP contribution in [-0.2, 0) is 9.47 Å². The molecule has 0 aromatic heterocycles. The predicted octanol–water partition coefficient (Wildman–Crippen LogP) is 7.10. The molecule has 6 nitrogen and oxygen atoms in total. The van der Waals surface area contributed by atoms with E-state index >= 15 is 0 Å². The third kappa shape index (κ3) is 25.0. The third-order valence-corrected chi connectivity index (χ3v) is 4.80. The van der Waals surface area contributed by atoms with E-state index in [2.05, 4.69) is 58.6 Å². The van der Waals surface area contributed by atoms with E-state index in [9.17, 15) is 0 Å². The van der Waals surface area contributed by atoms with Crippen LogP contribution in [-0.4, -0.2) is 48.6 Å². The highest BCUT2D eigenvalue weighted by Crippen LogP contribution is 2.12. The second-order valence-corrected chi connectivity index (χ2v) is 9.75. The van der Waals surface area contributed by atoms with Gasteiger partial charge in [-0.15, -0.1) is 0 Å². The standard InChI is InChI=1S/C19H35N3O.C8H14O.C3H9N/c1-14(2)17(7)23-13-9-11-19(21)22(16(5)6)12-8-10-18(20)15(3)4;1-5-6-9-8(4)7(2)3;1-3(2)4/h16,19-20H,1,3,7-13,21H2,2,4-6H3;2,4-6H2,1,3H3;3H,4H2,1-2H3. The summed E-state index contributed by atoms with van der Waals surface area (Å²) in [5.41, 5.74) is 14.7. The molecule has 36 heavy (non-hydrogen) atoms. The Labute approximate surface area is 223 Å². The van der Waals surface area contributed by atoms with E-state index in [1.54, 1.807) is 0 Å². The number of rotatable bonds is 17. The largest absolute Gasteiger partial charge is 0.494 e. The van der Waals surface area contributed by atoms with Gasteiger partial charge in [0, 0.05) is 18.3 Å². The van der Waals surface area contributed by atoms with Crippen molar-refractivity contribution in [3.63, 3.8) is 0 Å². The summed E-state index contributed by atoms with van der Waals surface area (Å²) in [6.45, 7) is 36.9. The van der Waals surface area contributed by atoms with Gasteiger partial charge in [0.15, 0.2) is 0 Å². The van der Waals surface area contributed by atoms with E-state index in [-0.39, 0.29) is 6.17 Å². The van der Waals surface area contributed by atoms with Gasteiger partial charge in [-0.1, -0.05) is 53.7 Å². The SMILES string of the molecule is C=C(C)C(=C)OCCC.C=C(C)C(=C)OCCCC(N)N(CCCC(=N)C(=C)C)C(C)C.CC(C)N. The number of ether oxygens (including phenoxy) is 2. The molecular formula is C30H58N4O2. The summed E-state index contributed by atoms with van der Waals surface area (Å²) in [7, 11) is 0. The number of allylic oxidation sites excluding steroid dienone is 3. The normalized spacial score (nSPS) is 11.0. The van der Waals surface area contributed by atoms with Gasteiger partial charge in [0.1, 0.15) is 11.5 Å². The highest BCUT2D eigenvalue weighted by atomic mass is 16.5. The van der Waals surface area contributed by atoms with Gasteiger partial charge < -0.3 is 26.4 Å². The second-order valence-electron chi connectivity index (χ2n) is 9.75. The molecule has 0 aliphatic carbocycles. The van der Waals surface area contributed by atoms with Crippen LogP contribution in [0.3, 0.4) is 0 Å². The maximum absolute atomic E-state index is 7.83. The lowest BCUT2D eigenvalue weighted by Crippen LogP contribution is -2.46. The van der Waals surface area contributed by atoms with Crippen molar-refractivity contribution in [2.24, 2.45) is 11.5 Å². The summed E-state index contributed by atoms with van der Waals surface area (Å²) in [4.78, 5) is 2.29. The lowest BCUT2D eigenvalue weighted by molar-refractivity contribution is 0.133. The highest BCUT2D eigenvalue weighted by molar-refractivity contribution is 5.96. The van der Waals surface area contributed by atoms with Gasteiger partial charge in [0.05, 0.1) is 19.4 Å². The van der Waals surface area contributed by atoms with Crippen LogP contribution < -0.4 is 11.5 Å². The molecule has 0 amide bonds. The van der Waals surface area contributed by atoms with E-state index in [4.69, 9.17) is 26.4 Å². The number of nitrogens with two attached hydrogens (primary N) is 2. The van der Waals surface area contributed by atoms with E-state index in [0.29, 0.717) is 35.9 Å². The molecule has 5 N–H and O–H groups in total. The lowest BCUT2D eigenvalue weighted by Gasteiger charge is -2.32. The van der Waals surface area contributed by atoms with Crippen molar-refractivity contribution in [1.29, 1.82) is 5.41 Å². The summed E-state index contributed by atoms with van der Waals surface area (Å²) >= 11 is 0. The van der Waals surface area contributed by atoms with Crippen LogP contribution in [0.15, 0.2) is 61.1 Å². The van der Waals surface area contributed by atoms with Gasteiger partial charge in [-0.25, -0.2) is 0 Å². The van der Waals surface area contributed by atoms with E-state index in [1.807, 2.05) is 34.6 Å². The molecule has 0 aromatic rings. The first-order valence-corrected chi connectivity index (χ1v) is 13.0. The van der Waals surface area contributed by atoms with Gasteiger partial charge in [-0.05, 0) is 89.5 Å². The number of nitrogens with one attached hydrogen (secondary N) is 1. The Hall–Kier alpha value is -2.15. The van der Waals surface area contributed by atoms with Crippen molar-refractivity contribution in [3.05, 3.63) is 61.1 Å². The van der Waals surface area contributed by atoms with Crippen molar-refractivity contribution >= 4 is 5.71 Å². The monoisotopic (exact) mass is 506 g/mol. The van der Waals surface area contributed by atoms with E-state index < -0.39 is 0 Å². The summed E-state index contributed by atoms with van der Waals surface area (Å²) in [6, 6.07) is 0.718. The molecule has 0 aliphatic heterocycles. The van der Waals surface area contributed by atoms with Crippen LogP contribution in [0.25, 0.3) is 0 Å². The fraction of sp³-hybridized carbons (Fsp3) is 0.633. The summed E-state index contributed by atoms with van der Waals surface area (Å²) < 4.78 is 10.7. The summed E-state index contributed by atoms with van der Waals surface area (Å²) in [6.07, 6.45) is 4.48. The third-order valence-electron chi connectivity index (χ3n) is 4.80. The zero-order chi connectivity index (χ0) is 28.8. The van der Waals surface area contributed by atoms with E-state index in [0.717, 1.165) is 62.0 Å². The molecule has 0 heterocycles. The first-order valence-electron chi connectivity index (χ1n) is 13.0. The average Bonchev–Trinajstić information content (AvgIpc) is 2.76. The Morgan fingerprint density at radius 2 is 1.25 bits per heavy atom. The fourth-order valence-corrected chi connectivity index (χ4v) is 2.58. The van der Waals surface area contributed by atoms with Crippen molar-refractivity contribution in [3.8, 4) is 0 Å². The van der Waals surface area contributed by atoms with Gasteiger partial charge >= 0.3 is 0 Å². The fourth-order valence-electron chi connectivity index (χ4n) is 2.58. The zero-order valence-electron chi connectivity index (χ0n) is 24.8. The van der Waals surface area contributed by atoms with Crippen LogP contribution in [0.5, 0.6) is 0 Å². The van der Waals surface area contributed by atoms with Crippen molar-refractivity contribution in [2.45, 2.75) is 106 Å². The quantitative estimate of drug-likeness (QED) is 0.0642. The smallest absolute Gasteiger partial charge is 0.114 e. The summed E-state index contributed by atoms with van der Waals surface area (Å²) in [5, 5.41) is 7.83. The molecule has 0 aliphatic rings. The Balaban J connectivity index is -0.000000687. The molecule has 0 aromatic carbocycles. The van der Waals surface area contributed by atoms with Crippen LogP contribution in [0.1, 0.15) is 87.5 Å². The van der Waals surface area contributed by atoms with Gasteiger partial charge in [-0.2, -0.15) is 0 Å². The molecule has 210 valence electrons. The Kier molecular flexibility index (Phi) is 24.8. The minimum atomic E-state index is 0.00991. The number of hydrogen-bond acceptors (Lipinski definition) is 6. The Bertz CT molecular complexity index is 678. The lowest BCUT2D eigenvalue weighted by atomic mass is 10.1. The molecule has 6 heteroatoms. The molecule has 1 atom stereocenters. The number of nitrogens with zero attached hydrogens (tertiary/aromatic N) is 1. The van der Waals surface area contributed by atoms with Crippen LogP contribution >= 0.6 is 0 Å². The van der Waals surface area contributed by atoms with Crippen LogP contribution in [0, 0.1) is 5.41 Å². The maximum atomic E-state index is 7.83. The molecule has 0 saturated heterocycles. The first kappa shape index (κ1) is 38.4. The highest BCUT2D eigenvalue weighted by Gasteiger charge is 2.17. The average molecular weight is 507 g/mol. The molecule has 1 unspecified atom stereocenters. The van der Waals surface area contributed by atoms with Crippen LogP contribution in [0.2, 0.25) is 0 Å². The van der Waals surface area contributed by atoms with E-state index in [1.165, 1.54) is 0 Å². The molecule has 0 bridgehead atoms. The number of hydrogen-bond donors (Lipinski definition) is 3. The Morgan fingerprint density at radius 3 is 1.61 bits per heavy atom. The molecule has 0 fully saturated rings. The van der Waals surface area contributed by atoms with Crippen molar-refractivity contribution < 1.29 is 9.47 Å².